The maximum Gasteiger partial charge on any atom is 0.486 e. The second kappa shape index (κ2) is 3.75. The Morgan fingerprint density at radius 3 is 2.00 bits per heavy atom. The molecule has 2 nitrogen and oxygen atoms in total. The SMILES string of the molecule is CC1(C)OB(/C=C\CBr)OC1(C)C. The molecule has 0 aromatic heterocycles. The van der Waals surface area contributed by atoms with Gasteiger partial charge in [-0.25, -0.2) is 0 Å². The molecule has 1 fully saturated rings. The van der Waals surface area contributed by atoms with Gasteiger partial charge < -0.3 is 9.31 Å². The summed E-state index contributed by atoms with van der Waals surface area (Å²) in [5.74, 6) is 1.94. The smallest absolute Gasteiger partial charge is 0.400 e. The lowest BCUT2D eigenvalue weighted by Crippen LogP contribution is -2.41. The van der Waals surface area contributed by atoms with E-state index < -0.39 is 0 Å². The van der Waals surface area contributed by atoms with Crippen molar-refractivity contribution in [3.05, 3.63) is 12.1 Å². The molecule has 0 N–H and O–H groups in total. The van der Waals surface area contributed by atoms with Gasteiger partial charge in [-0.2, -0.15) is 0 Å². The molecule has 1 heterocycles. The van der Waals surface area contributed by atoms with Gasteiger partial charge in [-0.05, 0) is 27.7 Å². The lowest BCUT2D eigenvalue weighted by molar-refractivity contribution is 0.00578. The summed E-state index contributed by atoms with van der Waals surface area (Å²) in [6.07, 6.45) is 1.99. The Bertz CT molecular complexity index is 198. The molecule has 1 aliphatic rings. The minimum Gasteiger partial charge on any atom is -0.400 e. The molecule has 0 saturated carbocycles. The first-order valence-corrected chi connectivity index (χ1v) is 5.59. The zero-order valence-corrected chi connectivity index (χ0v) is 10.2. The molecule has 0 bridgehead atoms. The first kappa shape index (κ1) is 11.3. The van der Waals surface area contributed by atoms with Crippen LogP contribution in [0.4, 0.5) is 0 Å². The third-order valence-electron chi connectivity index (χ3n) is 2.65. The Kier molecular flexibility index (Phi) is 3.26. The van der Waals surface area contributed by atoms with Crippen LogP contribution in [-0.2, 0) is 9.31 Å². The van der Waals surface area contributed by atoms with Crippen molar-refractivity contribution in [2.45, 2.75) is 38.9 Å². The van der Waals surface area contributed by atoms with Gasteiger partial charge in [-0.1, -0.05) is 28.0 Å². The highest BCUT2D eigenvalue weighted by atomic mass is 79.9. The summed E-state index contributed by atoms with van der Waals surface area (Å²) in [5.41, 5.74) is -0.456. The molecule has 0 amide bonds. The predicted octanol–water partition coefficient (Wildman–Crippen LogP) is 2.57. The highest BCUT2D eigenvalue weighted by Crippen LogP contribution is 2.36. The van der Waals surface area contributed by atoms with Crippen molar-refractivity contribution in [1.29, 1.82) is 0 Å². The molecule has 1 saturated heterocycles. The molecule has 0 aliphatic carbocycles. The average Bonchev–Trinajstić information content (AvgIpc) is 2.17. The molecule has 0 radical (unpaired) electrons. The third-order valence-corrected chi connectivity index (χ3v) is 3.03. The van der Waals surface area contributed by atoms with Crippen molar-refractivity contribution in [3.8, 4) is 0 Å². The number of halogens is 1. The molecule has 13 heavy (non-hydrogen) atoms. The summed E-state index contributed by atoms with van der Waals surface area (Å²) >= 11 is 3.32. The molecule has 0 spiro atoms. The van der Waals surface area contributed by atoms with E-state index in [9.17, 15) is 0 Å². The summed E-state index contributed by atoms with van der Waals surface area (Å²) in [4.78, 5) is 0. The second-order valence-corrected chi connectivity index (χ2v) is 4.85. The van der Waals surface area contributed by atoms with E-state index in [4.69, 9.17) is 9.31 Å². The monoisotopic (exact) mass is 246 g/mol. The van der Waals surface area contributed by atoms with Crippen molar-refractivity contribution in [3.63, 3.8) is 0 Å². The highest BCUT2D eigenvalue weighted by Gasteiger charge is 2.49. The van der Waals surface area contributed by atoms with E-state index >= 15 is 0 Å². The number of hydrogen-bond acceptors (Lipinski definition) is 2. The van der Waals surface area contributed by atoms with Crippen LogP contribution in [0.15, 0.2) is 12.1 Å². The normalized spacial score (nSPS) is 25.8. The largest absolute Gasteiger partial charge is 0.486 e. The van der Waals surface area contributed by atoms with Crippen molar-refractivity contribution in [2.24, 2.45) is 0 Å². The molecule has 0 unspecified atom stereocenters. The van der Waals surface area contributed by atoms with E-state index in [1.807, 2.05) is 12.1 Å². The van der Waals surface area contributed by atoms with E-state index in [1.54, 1.807) is 0 Å². The standard InChI is InChI=1S/C9H16BBrO2/c1-8(2)9(3,4)13-10(12-8)6-5-7-11/h5-6H,7H2,1-4H3/b6-5-. The Hall–Kier alpha value is 0.205. The zero-order chi connectivity index (χ0) is 10.1. The quantitative estimate of drug-likeness (QED) is 0.551. The third kappa shape index (κ3) is 2.36. The van der Waals surface area contributed by atoms with Crippen LogP contribution in [0.5, 0.6) is 0 Å². The Morgan fingerprint density at radius 2 is 1.62 bits per heavy atom. The van der Waals surface area contributed by atoms with Crippen LogP contribution in [0.3, 0.4) is 0 Å². The Balaban J connectivity index is 2.65. The van der Waals surface area contributed by atoms with Gasteiger partial charge in [0.25, 0.3) is 0 Å². The molecule has 0 atom stereocenters. The molecule has 1 rings (SSSR count). The van der Waals surface area contributed by atoms with Crippen LogP contribution in [0.1, 0.15) is 27.7 Å². The minimum absolute atomic E-state index is 0.206. The lowest BCUT2D eigenvalue weighted by Gasteiger charge is -2.32. The highest BCUT2D eigenvalue weighted by molar-refractivity contribution is 9.09. The van der Waals surface area contributed by atoms with Crippen LogP contribution in [0.2, 0.25) is 0 Å². The van der Waals surface area contributed by atoms with E-state index in [1.165, 1.54) is 0 Å². The van der Waals surface area contributed by atoms with Crippen LogP contribution in [-0.4, -0.2) is 23.7 Å². The Morgan fingerprint density at radius 1 is 1.15 bits per heavy atom. The number of allylic oxidation sites excluding steroid dienone is 1. The topological polar surface area (TPSA) is 18.5 Å². The fourth-order valence-corrected chi connectivity index (χ4v) is 1.35. The number of hydrogen-bond donors (Lipinski definition) is 0. The van der Waals surface area contributed by atoms with Gasteiger partial charge in [0.15, 0.2) is 0 Å². The van der Waals surface area contributed by atoms with Crippen molar-refractivity contribution < 1.29 is 9.31 Å². The first-order valence-electron chi connectivity index (χ1n) is 4.47. The molecule has 1 aliphatic heterocycles. The zero-order valence-electron chi connectivity index (χ0n) is 8.63. The maximum atomic E-state index is 5.74. The molecular weight excluding hydrogens is 231 g/mol. The van der Waals surface area contributed by atoms with E-state index in [0.29, 0.717) is 0 Å². The first-order chi connectivity index (χ1) is 5.89. The van der Waals surface area contributed by atoms with Crippen LogP contribution in [0.25, 0.3) is 0 Å². The van der Waals surface area contributed by atoms with Crippen molar-refractivity contribution >= 4 is 23.0 Å². The van der Waals surface area contributed by atoms with Crippen molar-refractivity contribution in [1.82, 2.24) is 0 Å². The molecule has 0 aromatic carbocycles. The number of rotatable bonds is 2. The number of alkyl halides is 1. The van der Waals surface area contributed by atoms with Crippen LogP contribution in [0, 0.1) is 0 Å². The van der Waals surface area contributed by atoms with Gasteiger partial charge >= 0.3 is 7.12 Å². The van der Waals surface area contributed by atoms with Crippen LogP contribution < -0.4 is 0 Å². The molecule has 0 aromatic rings. The van der Waals surface area contributed by atoms with Gasteiger partial charge in [0.1, 0.15) is 0 Å². The predicted molar refractivity (Wildman–Crippen MR) is 59.0 cm³/mol. The fourth-order valence-electron chi connectivity index (χ4n) is 1.13. The maximum absolute atomic E-state index is 5.74. The van der Waals surface area contributed by atoms with Gasteiger partial charge in [0.2, 0.25) is 0 Å². The molecule has 4 heteroatoms. The van der Waals surface area contributed by atoms with E-state index in [0.717, 1.165) is 5.33 Å². The van der Waals surface area contributed by atoms with Gasteiger partial charge in [-0.15, -0.1) is 0 Å². The summed E-state index contributed by atoms with van der Waals surface area (Å²) in [6, 6.07) is 0. The summed E-state index contributed by atoms with van der Waals surface area (Å²) in [6.45, 7) is 8.20. The van der Waals surface area contributed by atoms with Gasteiger partial charge in [0.05, 0.1) is 11.2 Å². The summed E-state index contributed by atoms with van der Waals surface area (Å²) in [5, 5.41) is 0.830. The molecular formula is C9H16BBrO2. The summed E-state index contributed by atoms with van der Waals surface area (Å²) < 4.78 is 11.5. The van der Waals surface area contributed by atoms with E-state index in [-0.39, 0.29) is 18.3 Å². The lowest BCUT2D eigenvalue weighted by atomic mass is 9.90. The van der Waals surface area contributed by atoms with Gasteiger partial charge in [-0.3, -0.25) is 0 Å². The van der Waals surface area contributed by atoms with Crippen LogP contribution >= 0.6 is 15.9 Å². The Labute approximate surface area is 89.0 Å². The van der Waals surface area contributed by atoms with E-state index in [2.05, 4.69) is 43.6 Å². The molecule has 74 valence electrons. The van der Waals surface area contributed by atoms with Crippen molar-refractivity contribution in [2.75, 3.05) is 5.33 Å². The fraction of sp³-hybridized carbons (Fsp3) is 0.778. The summed E-state index contributed by atoms with van der Waals surface area (Å²) in [7, 11) is -0.206. The second-order valence-electron chi connectivity index (χ2n) is 4.21. The van der Waals surface area contributed by atoms with Gasteiger partial charge in [0, 0.05) is 5.33 Å². The average molecular weight is 247 g/mol. The minimum atomic E-state index is -0.228.